The van der Waals surface area contributed by atoms with Gasteiger partial charge in [-0.3, -0.25) is 15.1 Å². The van der Waals surface area contributed by atoms with Crippen LogP contribution in [-0.4, -0.2) is 22.5 Å². The van der Waals surface area contributed by atoms with Crippen LogP contribution in [0.15, 0.2) is 18.3 Å². The Kier molecular flexibility index (Phi) is 5.56. The molecule has 0 aliphatic heterocycles. The molecule has 0 saturated heterocycles. The van der Waals surface area contributed by atoms with E-state index in [0.29, 0.717) is 6.04 Å². The molecule has 5 nitrogen and oxygen atoms in total. The molecule has 0 aliphatic rings. The minimum absolute atomic E-state index is 0.113. The van der Waals surface area contributed by atoms with Crippen LogP contribution in [0.25, 0.3) is 0 Å². The van der Waals surface area contributed by atoms with E-state index in [1.807, 2.05) is 0 Å². The van der Waals surface area contributed by atoms with Crippen LogP contribution in [0.4, 0.5) is 5.69 Å². The fourth-order valence-corrected chi connectivity index (χ4v) is 1.86. The van der Waals surface area contributed by atoms with E-state index in [0.717, 1.165) is 31.5 Å². The summed E-state index contributed by atoms with van der Waals surface area (Å²) in [4.78, 5) is 14.5. The number of pyridine rings is 1. The van der Waals surface area contributed by atoms with Crippen molar-refractivity contribution in [3.05, 3.63) is 34.1 Å². The molecule has 1 atom stereocenters. The molecule has 0 spiro atoms. The molecule has 94 valence electrons. The van der Waals surface area contributed by atoms with Gasteiger partial charge in [-0.05, 0) is 13.0 Å². The number of nitrogens with zero attached hydrogens (tertiary/aromatic N) is 2. The molecule has 0 bridgehead atoms. The van der Waals surface area contributed by atoms with Crippen molar-refractivity contribution < 1.29 is 4.92 Å². The van der Waals surface area contributed by atoms with Crippen molar-refractivity contribution in [2.24, 2.45) is 0 Å². The Bertz CT molecular complexity index is 363. The second-order valence-corrected chi connectivity index (χ2v) is 4.01. The largest absolute Gasteiger partial charge is 0.314 e. The topological polar surface area (TPSA) is 68.1 Å². The first-order valence-electron chi connectivity index (χ1n) is 6.00. The molecule has 1 aromatic heterocycles. The molecule has 1 aromatic rings. The van der Waals surface area contributed by atoms with Gasteiger partial charge in [-0.25, -0.2) is 0 Å². The molecular formula is C12H19N3O2. The molecule has 17 heavy (non-hydrogen) atoms. The molecule has 0 saturated carbocycles. The highest BCUT2D eigenvalue weighted by molar-refractivity contribution is 5.29. The van der Waals surface area contributed by atoms with Crippen molar-refractivity contribution in [2.75, 3.05) is 6.54 Å². The summed E-state index contributed by atoms with van der Waals surface area (Å²) in [5.41, 5.74) is 0.889. The van der Waals surface area contributed by atoms with Gasteiger partial charge < -0.3 is 5.32 Å². The molecule has 0 radical (unpaired) electrons. The fraction of sp³-hybridized carbons (Fsp3) is 0.583. The van der Waals surface area contributed by atoms with Crippen molar-refractivity contribution in [2.45, 2.75) is 39.2 Å². The first kappa shape index (κ1) is 13.6. The van der Waals surface area contributed by atoms with Gasteiger partial charge in [-0.15, -0.1) is 0 Å². The summed E-state index contributed by atoms with van der Waals surface area (Å²) in [5.74, 6) is 0. The average Bonchev–Trinajstić information content (AvgIpc) is 2.30. The summed E-state index contributed by atoms with van der Waals surface area (Å²) in [5, 5.41) is 14.0. The molecule has 0 aromatic carbocycles. The molecule has 5 heteroatoms. The van der Waals surface area contributed by atoms with Gasteiger partial charge in [-0.2, -0.15) is 0 Å². The minimum atomic E-state index is -0.382. The van der Waals surface area contributed by atoms with Gasteiger partial charge in [0.2, 0.25) is 0 Å². The summed E-state index contributed by atoms with van der Waals surface area (Å²) in [7, 11) is 0. The van der Waals surface area contributed by atoms with Crippen molar-refractivity contribution >= 4 is 5.69 Å². The maximum atomic E-state index is 10.7. The zero-order valence-corrected chi connectivity index (χ0v) is 10.3. The highest BCUT2D eigenvalue weighted by Gasteiger charge is 2.11. The highest BCUT2D eigenvalue weighted by atomic mass is 16.6. The lowest BCUT2D eigenvalue weighted by Crippen LogP contribution is -2.31. The van der Waals surface area contributed by atoms with Crippen LogP contribution in [0.3, 0.4) is 0 Å². The number of likely N-dealkylation sites (N-methyl/N-ethyl adjacent to an activating group) is 1. The summed E-state index contributed by atoms with van der Waals surface area (Å²) >= 11 is 0. The quantitative estimate of drug-likeness (QED) is 0.583. The molecule has 1 heterocycles. The van der Waals surface area contributed by atoms with Crippen molar-refractivity contribution in [1.29, 1.82) is 0 Å². The van der Waals surface area contributed by atoms with Gasteiger partial charge in [-0.1, -0.05) is 20.3 Å². The van der Waals surface area contributed by atoms with E-state index in [1.54, 1.807) is 6.07 Å². The van der Waals surface area contributed by atoms with Crippen LogP contribution in [0, 0.1) is 10.1 Å². The SMILES string of the molecule is CCCC(Cc1cc([N+](=O)[O-])ccn1)NCC. The Morgan fingerprint density at radius 2 is 2.29 bits per heavy atom. The normalized spacial score (nSPS) is 12.4. The first-order valence-corrected chi connectivity index (χ1v) is 6.00. The maximum absolute atomic E-state index is 10.7. The molecule has 1 N–H and O–H groups in total. The van der Waals surface area contributed by atoms with E-state index in [2.05, 4.69) is 24.1 Å². The van der Waals surface area contributed by atoms with Crippen LogP contribution in [0.1, 0.15) is 32.4 Å². The van der Waals surface area contributed by atoms with E-state index in [4.69, 9.17) is 0 Å². The van der Waals surface area contributed by atoms with E-state index in [-0.39, 0.29) is 10.6 Å². The predicted molar refractivity (Wildman–Crippen MR) is 67.0 cm³/mol. The third-order valence-corrected chi connectivity index (χ3v) is 2.60. The van der Waals surface area contributed by atoms with Crippen LogP contribution >= 0.6 is 0 Å². The average molecular weight is 237 g/mol. The Morgan fingerprint density at radius 1 is 1.53 bits per heavy atom. The van der Waals surface area contributed by atoms with E-state index < -0.39 is 0 Å². The van der Waals surface area contributed by atoms with Crippen molar-refractivity contribution in [3.8, 4) is 0 Å². The lowest BCUT2D eigenvalue weighted by molar-refractivity contribution is -0.385. The van der Waals surface area contributed by atoms with Crippen LogP contribution in [0.2, 0.25) is 0 Å². The Labute approximate surface area is 101 Å². The second kappa shape index (κ2) is 6.96. The maximum Gasteiger partial charge on any atom is 0.272 e. The predicted octanol–water partition coefficient (Wildman–Crippen LogP) is 2.31. The van der Waals surface area contributed by atoms with E-state index in [9.17, 15) is 10.1 Å². The number of nitrogens with one attached hydrogen (secondary N) is 1. The zero-order valence-electron chi connectivity index (χ0n) is 10.3. The fourth-order valence-electron chi connectivity index (χ4n) is 1.86. The molecule has 1 rings (SSSR count). The number of hydrogen-bond donors (Lipinski definition) is 1. The number of nitro groups is 1. The van der Waals surface area contributed by atoms with Gasteiger partial charge in [0, 0.05) is 36.5 Å². The van der Waals surface area contributed by atoms with Gasteiger partial charge in [0.05, 0.1) is 4.92 Å². The molecule has 0 amide bonds. The zero-order chi connectivity index (χ0) is 12.7. The van der Waals surface area contributed by atoms with Gasteiger partial charge in [0.15, 0.2) is 0 Å². The first-order chi connectivity index (χ1) is 8.17. The third-order valence-electron chi connectivity index (χ3n) is 2.60. The van der Waals surface area contributed by atoms with Crippen LogP contribution < -0.4 is 5.32 Å². The Balaban J connectivity index is 2.71. The van der Waals surface area contributed by atoms with Gasteiger partial charge >= 0.3 is 0 Å². The summed E-state index contributed by atoms with van der Waals surface area (Å²) in [6.07, 6.45) is 4.39. The summed E-state index contributed by atoms with van der Waals surface area (Å²) in [6.45, 7) is 5.09. The molecular weight excluding hydrogens is 218 g/mol. The highest BCUT2D eigenvalue weighted by Crippen LogP contribution is 2.13. The van der Waals surface area contributed by atoms with Gasteiger partial charge in [0.1, 0.15) is 0 Å². The molecule has 1 unspecified atom stereocenters. The van der Waals surface area contributed by atoms with E-state index in [1.165, 1.54) is 12.3 Å². The van der Waals surface area contributed by atoms with Crippen LogP contribution in [-0.2, 0) is 6.42 Å². The number of rotatable bonds is 7. The molecule has 0 aliphatic carbocycles. The summed E-state index contributed by atoms with van der Waals surface area (Å²) in [6, 6.07) is 3.32. The number of aromatic nitrogens is 1. The number of hydrogen-bond acceptors (Lipinski definition) is 4. The van der Waals surface area contributed by atoms with Gasteiger partial charge in [0.25, 0.3) is 5.69 Å². The second-order valence-electron chi connectivity index (χ2n) is 4.01. The smallest absolute Gasteiger partial charge is 0.272 e. The standard InChI is InChI=1S/C12H19N3O2/c1-3-5-10(13-4-2)8-11-9-12(15(16)17)6-7-14-11/h6-7,9-10,13H,3-5,8H2,1-2H3. The summed E-state index contributed by atoms with van der Waals surface area (Å²) < 4.78 is 0. The van der Waals surface area contributed by atoms with Crippen molar-refractivity contribution in [1.82, 2.24) is 10.3 Å². The Hall–Kier alpha value is -1.49. The van der Waals surface area contributed by atoms with Crippen molar-refractivity contribution in [3.63, 3.8) is 0 Å². The lowest BCUT2D eigenvalue weighted by atomic mass is 10.1. The van der Waals surface area contributed by atoms with E-state index >= 15 is 0 Å². The Morgan fingerprint density at radius 3 is 2.88 bits per heavy atom. The molecule has 0 fully saturated rings. The van der Waals surface area contributed by atoms with Crippen LogP contribution in [0.5, 0.6) is 0 Å². The minimum Gasteiger partial charge on any atom is -0.314 e. The lowest BCUT2D eigenvalue weighted by Gasteiger charge is -2.16. The third kappa shape index (κ3) is 4.48. The monoisotopic (exact) mass is 237 g/mol.